The van der Waals surface area contributed by atoms with Crippen LogP contribution in [0.15, 0.2) is 0 Å². The van der Waals surface area contributed by atoms with Gasteiger partial charge < -0.3 is 22.8 Å². The predicted octanol–water partition coefficient (Wildman–Crippen LogP) is 1.70. The van der Waals surface area contributed by atoms with E-state index >= 15 is 0 Å². The zero-order chi connectivity index (χ0) is 13.5. The highest BCUT2D eigenvalue weighted by atomic mass is 28.4. The van der Waals surface area contributed by atoms with Crippen molar-refractivity contribution in [1.29, 1.82) is 0 Å². The van der Waals surface area contributed by atoms with Crippen LogP contribution in [0.5, 0.6) is 0 Å². The van der Waals surface area contributed by atoms with Gasteiger partial charge in [-0.2, -0.15) is 0 Å². The van der Waals surface area contributed by atoms with E-state index in [9.17, 15) is 0 Å². The van der Waals surface area contributed by atoms with Crippen molar-refractivity contribution < 1.29 is 22.8 Å². The van der Waals surface area contributed by atoms with Crippen molar-refractivity contribution in [2.45, 2.75) is 25.8 Å². The van der Waals surface area contributed by atoms with Gasteiger partial charge in [-0.25, -0.2) is 0 Å². The third kappa shape index (κ3) is 4.60. The summed E-state index contributed by atoms with van der Waals surface area (Å²) in [5.74, 6) is 0. The van der Waals surface area contributed by atoms with Gasteiger partial charge in [0.25, 0.3) is 0 Å². The quantitative estimate of drug-likeness (QED) is 0.449. The molecule has 108 valence electrons. The molecule has 0 aromatic rings. The van der Waals surface area contributed by atoms with Crippen molar-refractivity contribution in [3.8, 4) is 0 Å². The normalized spacial score (nSPS) is 18.7. The van der Waals surface area contributed by atoms with E-state index in [0.717, 1.165) is 45.3 Å². The lowest BCUT2D eigenvalue weighted by Crippen LogP contribution is -2.42. The van der Waals surface area contributed by atoms with E-state index in [-0.39, 0.29) is 0 Å². The fraction of sp³-hybridized carbons (Fsp3) is 1.00. The van der Waals surface area contributed by atoms with Crippen molar-refractivity contribution in [3.05, 3.63) is 0 Å². The van der Waals surface area contributed by atoms with Crippen molar-refractivity contribution in [2.75, 3.05) is 47.8 Å². The Morgan fingerprint density at radius 3 is 2.11 bits per heavy atom. The third-order valence-corrected chi connectivity index (χ3v) is 6.29. The SMILES string of the molecule is CO[Si](CCCOCCC1(C)COC1)(OC)OC. The Hall–Kier alpha value is 0.0169. The molecule has 0 aromatic heterocycles. The van der Waals surface area contributed by atoms with E-state index in [4.69, 9.17) is 22.8 Å². The zero-order valence-corrected chi connectivity index (χ0v) is 13.0. The van der Waals surface area contributed by atoms with Crippen molar-refractivity contribution in [2.24, 2.45) is 5.41 Å². The molecule has 5 nitrogen and oxygen atoms in total. The van der Waals surface area contributed by atoms with E-state index < -0.39 is 8.80 Å². The molecule has 0 saturated carbocycles. The minimum absolute atomic E-state index is 0.337. The molecule has 0 atom stereocenters. The minimum Gasteiger partial charge on any atom is -0.381 e. The Labute approximate surface area is 111 Å². The van der Waals surface area contributed by atoms with E-state index in [1.54, 1.807) is 21.3 Å². The summed E-state index contributed by atoms with van der Waals surface area (Å²) >= 11 is 0. The fourth-order valence-corrected chi connectivity index (χ4v) is 3.65. The largest absolute Gasteiger partial charge is 0.500 e. The molecule has 0 spiro atoms. The van der Waals surface area contributed by atoms with E-state index in [0.29, 0.717) is 5.41 Å². The average molecular weight is 278 g/mol. The first-order valence-corrected chi connectivity index (χ1v) is 8.34. The molecule has 6 heteroatoms. The highest BCUT2D eigenvalue weighted by Gasteiger charge is 2.37. The monoisotopic (exact) mass is 278 g/mol. The minimum atomic E-state index is -2.41. The van der Waals surface area contributed by atoms with Gasteiger partial charge in [0.15, 0.2) is 0 Å². The molecular formula is C12H26O5Si. The molecule has 0 bridgehead atoms. The molecule has 18 heavy (non-hydrogen) atoms. The number of hydrogen-bond acceptors (Lipinski definition) is 5. The van der Waals surface area contributed by atoms with Crippen LogP contribution in [-0.2, 0) is 22.8 Å². The second-order valence-electron chi connectivity index (χ2n) is 5.06. The van der Waals surface area contributed by atoms with Crippen LogP contribution in [0.4, 0.5) is 0 Å². The molecule has 0 amide bonds. The molecule has 0 aromatic carbocycles. The molecule has 0 radical (unpaired) electrons. The summed E-state index contributed by atoms with van der Waals surface area (Å²) in [5.41, 5.74) is 0.337. The van der Waals surface area contributed by atoms with Crippen LogP contribution in [0.25, 0.3) is 0 Å². The van der Waals surface area contributed by atoms with Gasteiger partial charge >= 0.3 is 8.80 Å². The van der Waals surface area contributed by atoms with Crippen LogP contribution in [-0.4, -0.2) is 56.6 Å². The van der Waals surface area contributed by atoms with Crippen LogP contribution in [0.2, 0.25) is 6.04 Å². The summed E-state index contributed by atoms with van der Waals surface area (Å²) in [4.78, 5) is 0. The lowest BCUT2D eigenvalue weighted by Gasteiger charge is -2.37. The van der Waals surface area contributed by atoms with Gasteiger partial charge in [-0.05, 0) is 12.8 Å². The van der Waals surface area contributed by atoms with Crippen LogP contribution in [0.1, 0.15) is 19.8 Å². The Balaban J connectivity index is 2.03. The Bertz CT molecular complexity index is 220. The second-order valence-corrected chi connectivity index (χ2v) is 8.16. The Morgan fingerprint density at radius 2 is 1.67 bits per heavy atom. The molecule has 1 rings (SSSR count). The van der Waals surface area contributed by atoms with E-state index in [2.05, 4.69) is 6.92 Å². The molecule has 1 fully saturated rings. The van der Waals surface area contributed by atoms with Gasteiger partial charge in [-0.1, -0.05) is 6.92 Å². The van der Waals surface area contributed by atoms with Gasteiger partial charge in [-0.3, -0.25) is 0 Å². The standard InChI is InChI=1S/C12H26O5Si/c1-12(10-17-11-12)6-8-16-7-5-9-18(13-2,14-3)15-4/h5-11H2,1-4H3. The van der Waals surface area contributed by atoms with Gasteiger partial charge in [0.1, 0.15) is 0 Å². The smallest absolute Gasteiger partial charge is 0.381 e. The number of ether oxygens (including phenoxy) is 2. The maximum absolute atomic E-state index is 5.63. The van der Waals surface area contributed by atoms with Crippen molar-refractivity contribution in [1.82, 2.24) is 0 Å². The predicted molar refractivity (Wildman–Crippen MR) is 70.6 cm³/mol. The topological polar surface area (TPSA) is 46.2 Å². The highest BCUT2D eigenvalue weighted by Crippen LogP contribution is 2.30. The number of rotatable bonds is 10. The zero-order valence-electron chi connectivity index (χ0n) is 12.0. The maximum Gasteiger partial charge on any atom is 0.500 e. The summed E-state index contributed by atoms with van der Waals surface area (Å²) in [6.45, 7) is 5.48. The molecule has 1 aliphatic heterocycles. The first kappa shape index (κ1) is 16.1. The molecule has 0 aliphatic carbocycles. The second kappa shape index (κ2) is 7.57. The fourth-order valence-electron chi connectivity index (χ4n) is 1.96. The number of hydrogen-bond donors (Lipinski definition) is 0. The lowest BCUT2D eigenvalue weighted by molar-refractivity contribution is -0.114. The summed E-state index contributed by atoms with van der Waals surface area (Å²) < 4.78 is 26.9. The van der Waals surface area contributed by atoms with Crippen LogP contribution in [0, 0.1) is 5.41 Å². The van der Waals surface area contributed by atoms with E-state index in [1.165, 1.54) is 0 Å². The first-order valence-electron chi connectivity index (χ1n) is 6.41. The molecule has 0 N–H and O–H groups in total. The molecule has 0 unspecified atom stereocenters. The molecular weight excluding hydrogens is 252 g/mol. The third-order valence-electron chi connectivity index (χ3n) is 3.46. The highest BCUT2D eigenvalue weighted by molar-refractivity contribution is 6.60. The first-order chi connectivity index (χ1) is 8.60. The summed E-state index contributed by atoms with van der Waals surface area (Å²) in [6.07, 6.45) is 1.96. The summed E-state index contributed by atoms with van der Waals surface area (Å²) in [6, 6.07) is 0.789. The van der Waals surface area contributed by atoms with Gasteiger partial charge in [0.2, 0.25) is 0 Å². The van der Waals surface area contributed by atoms with Crippen LogP contribution in [0.3, 0.4) is 0 Å². The lowest BCUT2D eigenvalue weighted by atomic mass is 9.85. The maximum atomic E-state index is 5.63. The summed E-state index contributed by atoms with van der Waals surface area (Å²) in [5, 5.41) is 0. The van der Waals surface area contributed by atoms with Crippen molar-refractivity contribution in [3.63, 3.8) is 0 Å². The van der Waals surface area contributed by atoms with E-state index in [1.807, 2.05) is 0 Å². The average Bonchev–Trinajstić information content (AvgIpc) is 2.37. The molecule has 1 heterocycles. The van der Waals surface area contributed by atoms with Crippen molar-refractivity contribution >= 4 is 8.80 Å². The summed E-state index contributed by atoms with van der Waals surface area (Å²) in [7, 11) is 2.50. The van der Waals surface area contributed by atoms with Gasteiger partial charge in [-0.15, -0.1) is 0 Å². The van der Waals surface area contributed by atoms with Gasteiger partial charge in [0, 0.05) is 46.0 Å². The Kier molecular flexibility index (Phi) is 6.76. The molecule has 1 aliphatic rings. The van der Waals surface area contributed by atoms with Crippen LogP contribution >= 0.6 is 0 Å². The van der Waals surface area contributed by atoms with Crippen LogP contribution < -0.4 is 0 Å². The van der Waals surface area contributed by atoms with Gasteiger partial charge in [0.05, 0.1) is 13.2 Å². The Morgan fingerprint density at radius 1 is 1.06 bits per heavy atom. The molecule has 1 saturated heterocycles.